The fourth-order valence-electron chi connectivity index (χ4n) is 3.98. The number of rotatable bonds is 6. The maximum absolute atomic E-state index is 13.9. The molecule has 2 heterocycles. The first-order valence-electron chi connectivity index (χ1n) is 10.1. The third kappa shape index (κ3) is 4.57. The van der Waals surface area contributed by atoms with Gasteiger partial charge in [-0.3, -0.25) is 4.79 Å². The van der Waals surface area contributed by atoms with E-state index in [1.807, 2.05) is 47.4 Å². The van der Waals surface area contributed by atoms with Gasteiger partial charge in [-0.2, -0.15) is 0 Å². The Morgan fingerprint density at radius 3 is 2.41 bits per heavy atom. The number of piperidine rings is 1. The van der Waals surface area contributed by atoms with Gasteiger partial charge in [-0.1, -0.05) is 36.4 Å². The number of amides is 1. The van der Waals surface area contributed by atoms with Gasteiger partial charge in [-0.15, -0.1) is 0 Å². The van der Waals surface area contributed by atoms with E-state index in [1.54, 1.807) is 18.2 Å². The molecule has 1 fully saturated rings. The quantitative estimate of drug-likeness (QED) is 0.606. The fourth-order valence-corrected chi connectivity index (χ4v) is 3.98. The second-order valence-electron chi connectivity index (χ2n) is 7.40. The second kappa shape index (κ2) is 9.05. The predicted octanol–water partition coefficient (Wildman–Crippen LogP) is 4.77. The summed E-state index contributed by atoms with van der Waals surface area (Å²) >= 11 is 0. The Morgan fingerprint density at radius 1 is 1.00 bits per heavy atom. The Hall–Kier alpha value is -2.92. The molecule has 150 valence electrons. The molecule has 3 aromatic rings. The van der Waals surface area contributed by atoms with Gasteiger partial charge in [-0.05, 0) is 55.2 Å². The Balaban J connectivity index is 1.41. The maximum atomic E-state index is 13.9. The standard InChI is InChI=1S/C24H25FN2O2/c25-22-10-5-4-7-19(22)12-15-26-16-13-21(14-17-26)27(20-8-2-1-3-9-20)24(28)23-11-6-18-29-23/h1-11,18,21H,12-17H2. The average Bonchev–Trinajstić information content (AvgIpc) is 3.30. The molecule has 4 rings (SSSR count). The molecule has 0 saturated carbocycles. The summed E-state index contributed by atoms with van der Waals surface area (Å²) in [6.07, 6.45) is 3.98. The monoisotopic (exact) mass is 392 g/mol. The van der Waals surface area contributed by atoms with Gasteiger partial charge in [0.2, 0.25) is 0 Å². The van der Waals surface area contributed by atoms with Gasteiger partial charge in [0.1, 0.15) is 5.82 Å². The molecule has 5 heteroatoms. The second-order valence-corrected chi connectivity index (χ2v) is 7.40. The van der Waals surface area contributed by atoms with Crippen LogP contribution in [0, 0.1) is 5.82 Å². The minimum absolute atomic E-state index is 0.106. The average molecular weight is 392 g/mol. The van der Waals surface area contributed by atoms with Crippen LogP contribution in [0.4, 0.5) is 10.1 Å². The van der Waals surface area contributed by atoms with E-state index in [0.717, 1.165) is 43.7 Å². The van der Waals surface area contributed by atoms with Gasteiger partial charge >= 0.3 is 0 Å². The van der Waals surface area contributed by atoms with Crippen LogP contribution in [0.3, 0.4) is 0 Å². The van der Waals surface area contributed by atoms with Crippen molar-refractivity contribution >= 4 is 11.6 Å². The van der Waals surface area contributed by atoms with E-state index in [2.05, 4.69) is 4.90 Å². The maximum Gasteiger partial charge on any atom is 0.294 e. The number of carbonyl (C=O) groups is 1. The SMILES string of the molecule is O=C(c1ccco1)N(c1ccccc1)C1CCN(CCc2ccccc2F)CC1. The molecule has 29 heavy (non-hydrogen) atoms. The summed E-state index contributed by atoms with van der Waals surface area (Å²) < 4.78 is 19.2. The topological polar surface area (TPSA) is 36.7 Å². The number of carbonyl (C=O) groups excluding carboxylic acids is 1. The summed E-state index contributed by atoms with van der Waals surface area (Å²) in [5.74, 6) is 0.114. The molecule has 0 radical (unpaired) electrons. The summed E-state index contributed by atoms with van der Waals surface area (Å²) in [5.41, 5.74) is 1.65. The zero-order valence-electron chi connectivity index (χ0n) is 16.3. The highest BCUT2D eigenvalue weighted by atomic mass is 19.1. The molecule has 0 spiro atoms. The summed E-state index contributed by atoms with van der Waals surface area (Å²) in [6, 6.07) is 20.3. The van der Waals surface area contributed by atoms with E-state index >= 15 is 0 Å². The molecule has 1 aliphatic heterocycles. The molecular weight excluding hydrogens is 367 g/mol. The van der Waals surface area contributed by atoms with Crippen LogP contribution in [0.5, 0.6) is 0 Å². The molecule has 1 amide bonds. The van der Waals surface area contributed by atoms with Crippen LogP contribution in [0.15, 0.2) is 77.4 Å². The highest BCUT2D eigenvalue weighted by Crippen LogP contribution is 2.26. The zero-order chi connectivity index (χ0) is 20.1. The van der Waals surface area contributed by atoms with Crippen molar-refractivity contribution in [2.75, 3.05) is 24.5 Å². The Kier molecular flexibility index (Phi) is 6.06. The van der Waals surface area contributed by atoms with Gasteiger partial charge in [0, 0.05) is 31.4 Å². The summed E-state index contributed by atoms with van der Waals surface area (Å²) in [6.45, 7) is 2.59. The molecule has 4 nitrogen and oxygen atoms in total. The van der Waals surface area contributed by atoms with Crippen LogP contribution in [0.1, 0.15) is 29.0 Å². The number of hydrogen-bond donors (Lipinski definition) is 0. The third-order valence-electron chi connectivity index (χ3n) is 5.56. The first-order chi connectivity index (χ1) is 14.2. The smallest absolute Gasteiger partial charge is 0.294 e. The highest BCUT2D eigenvalue weighted by Gasteiger charge is 2.30. The number of nitrogens with zero attached hydrogens (tertiary/aromatic N) is 2. The number of furan rings is 1. The van der Waals surface area contributed by atoms with Gasteiger partial charge in [0.25, 0.3) is 5.91 Å². The lowest BCUT2D eigenvalue weighted by Crippen LogP contribution is -2.48. The number of para-hydroxylation sites is 1. The highest BCUT2D eigenvalue weighted by molar-refractivity contribution is 6.04. The van der Waals surface area contributed by atoms with Gasteiger partial charge in [0.15, 0.2) is 5.76 Å². The van der Waals surface area contributed by atoms with Crippen molar-refractivity contribution < 1.29 is 13.6 Å². The number of halogens is 1. The van der Waals surface area contributed by atoms with Crippen LogP contribution >= 0.6 is 0 Å². The summed E-state index contributed by atoms with van der Waals surface area (Å²) in [7, 11) is 0. The van der Waals surface area contributed by atoms with Crippen LogP contribution in [0.2, 0.25) is 0 Å². The molecule has 0 N–H and O–H groups in total. The minimum Gasteiger partial charge on any atom is -0.459 e. The van der Waals surface area contributed by atoms with Crippen LogP contribution in [0.25, 0.3) is 0 Å². The van der Waals surface area contributed by atoms with E-state index in [4.69, 9.17) is 4.42 Å². The molecule has 0 unspecified atom stereocenters. The van der Waals surface area contributed by atoms with Crippen LogP contribution in [-0.4, -0.2) is 36.5 Å². The zero-order valence-corrected chi connectivity index (χ0v) is 16.3. The van der Waals surface area contributed by atoms with Crippen molar-refractivity contribution in [2.45, 2.75) is 25.3 Å². The largest absolute Gasteiger partial charge is 0.459 e. The molecule has 1 aliphatic rings. The molecule has 2 aromatic carbocycles. The Morgan fingerprint density at radius 2 is 1.72 bits per heavy atom. The van der Waals surface area contributed by atoms with Crippen molar-refractivity contribution in [3.63, 3.8) is 0 Å². The molecule has 1 aromatic heterocycles. The lowest BCUT2D eigenvalue weighted by Gasteiger charge is -2.38. The number of benzene rings is 2. The van der Waals surface area contributed by atoms with Crippen molar-refractivity contribution in [1.82, 2.24) is 4.90 Å². The fraction of sp³-hybridized carbons (Fsp3) is 0.292. The van der Waals surface area contributed by atoms with Crippen molar-refractivity contribution in [3.8, 4) is 0 Å². The molecule has 0 bridgehead atoms. The first kappa shape index (κ1) is 19.4. The summed E-state index contributed by atoms with van der Waals surface area (Å²) in [4.78, 5) is 17.3. The molecule has 1 saturated heterocycles. The summed E-state index contributed by atoms with van der Waals surface area (Å²) in [5, 5.41) is 0. The van der Waals surface area contributed by atoms with E-state index in [-0.39, 0.29) is 17.8 Å². The van der Waals surface area contributed by atoms with E-state index in [0.29, 0.717) is 12.2 Å². The molecule has 0 aliphatic carbocycles. The van der Waals surface area contributed by atoms with E-state index in [1.165, 1.54) is 12.3 Å². The van der Waals surface area contributed by atoms with Crippen molar-refractivity contribution in [1.29, 1.82) is 0 Å². The van der Waals surface area contributed by atoms with Crippen LogP contribution < -0.4 is 4.90 Å². The Labute approximate surface area is 170 Å². The van der Waals surface area contributed by atoms with E-state index < -0.39 is 0 Å². The van der Waals surface area contributed by atoms with Crippen LogP contribution in [-0.2, 0) is 6.42 Å². The minimum atomic E-state index is -0.137. The van der Waals surface area contributed by atoms with Gasteiger partial charge in [-0.25, -0.2) is 4.39 Å². The number of hydrogen-bond acceptors (Lipinski definition) is 3. The molecule has 0 atom stereocenters. The molecular formula is C24H25FN2O2. The number of anilines is 1. The predicted molar refractivity (Wildman–Crippen MR) is 112 cm³/mol. The van der Waals surface area contributed by atoms with Crippen molar-refractivity contribution in [2.24, 2.45) is 0 Å². The normalized spacial score (nSPS) is 15.3. The lowest BCUT2D eigenvalue weighted by molar-refractivity contribution is 0.0933. The van der Waals surface area contributed by atoms with E-state index in [9.17, 15) is 9.18 Å². The van der Waals surface area contributed by atoms with Crippen molar-refractivity contribution in [3.05, 3.63) is 90.1 Å². The Bertz CT molecular complexity index is 919. The third-order valence-corrected chi connectivity index (χ3v) is 5.56. The first-order valence-corrected chi connectivity index (χ1v) is 10.1. The lowest BCUT2D eigenvalue weighted by atomic mass is 10.0. The van der Waals surface area contributed by atoms with Gasteiger partial charge in [0.05, 0.1) is 6.26 Å². The number of likely N-dealkylation sites (tertiary alicyclic amines) is 1. The van der Waals surface area contributed by atoms with Gasteiger partial charge < -0.3 is 14.2 Å².